The molecule has 4 aromatic rings. The van der Waals surface area contributed by atoms with Crippen molar-refractivity contribution in [1.82, 2.24) is 25.1 Å². The monoisotopic (exact) mass is 399 g/mol. The first-order chi connectivity index (χ1) is 14.8. The van der Waals surface area contributed by atoms with E-state index in [1.165, 1.54) is 0 Å². The summed E-state index contributed by atoms with van der Waals surface area (Å²) in [5.41, 5.74) is 2.90. The fraction of sp³-hybridized carbons (Fsp3) is 0.227. The van der Waals surface area contributed by atoms with Crippen molar-refractivity contribution in [3.63, 3.8) is 0 Å². The number of aryl methyl sites for hydroxylation is 1. The van der Waals surface area contributed by atoms with Gasteiger partial charge >= 0.3 is 0 Å². The standard InChI is InChI=1S/C22H21N7O/c1-16-4-2-5-17(14-16)20-26-21(30-27-20)18-6-7-19(25-15-18)28-10-12-29(13-11-28)22-23-8-3-9-24-22/h2-9,14-15H,10-13H2,1H3. The SMILES string of the molecule is Cc1cccc(-c2noc(-c3ccc(N4CCN(c5ncccn5)CC4)nc3)n2)c1. The zero-order chi connectivity index (χ0) is 20.3. The maximum atomic E-state index is 5.46. The number of benzene rings is 1. The molecule has 0 spiro atoms. The first kappa shape index (κ1) is 18.2. The highest BCUT2D eigenvalue weighted by Gasteiger charge is 2.20. The third kappa shape index (κ3) is 3.71. The molecule has 1 aromatic carbocycles. The highest BCUT2D eigenvalue weighted by Crippen LogP contribution is 2.24. The molecule has 8 heteroatoms. The van der Waals surface area contributed by atoms with Crippen molar-refractivity contribution < 1.29 is 4.52 Å². The van der Waals surface area contributed by atoms with Gasteiger partial charge in [0.1, 0.15) is 5.82 Å². The Labute approximate surface area is 174 Å². The Kier molecular flexibility index (Phi) is 4.80. The number of nitrogens with zero attached hydrogens (tertiary/aromatic N) is 7. The normalized spacial score (nSPS) is 14.2. The summed E-state index contributed by atoms with van der Waals surface area (Å²) in [6, 6.07) is 13.8. The molecule has 0 radical (unpaired) electrons. The van der Waals surface area contributed by atoms with E-state index in [9.17, 15) is 0 Å². The molecular weight excluding hydrogens is 378 g/mol. The van der Waals surface area contributed by atoms with Crippen LogP contribution in [-0.4, -0.2) is 51.3 Å². The highest BCUT2D eigenvalue weighted by atomic mass is 16.5. The maximum Gasteiger partial charge on any atom is 0.259 e. The van der Waals surface area contributed by atoms with Gasteiger partial charge in [-0.05, 0) is 31.2 Å². The van der Waals surface area contributed by atoms with E-state index in [1.54, 1.807) is 18.6 Å². The lowest BCUT2D eigenvalue weighted by atomic mass is 10.1. The fourth-order valence-corrected chi connectivity index (χ4v) is 3.53. The molecule has 0 aliphatic carbocycles. The molecular formula is C22H21N7O. The van der Waals surface area contributed by atoms with E-state index < -0.39 is 0 Å². The van der Waals surface area contributed by atoms with Crippen LogP contribution in [0.1, 0.15) is 5.56 Å². The van der Waals surface area contributed by atoms with Gasteiger partial charge in [-0.15, -0.1) is 0 Å². The lowest BCUT2D eigenvalue weighted by Gasteiger charge is -2.35. The predicted octanol–water partition coefficient (Wildman–Crippen LogP) is 3.22. The minimum atomic E-state index is 0.469. The molecule has 4 heterocycles. The van der Waals surface area contributed by atoms with Crippen LogP contribution in [0, 0.1) is 6.92 Å². The summed E-state index contributed by atoms with van der Waals surface area (Å²) in [7, 11) is 0. The van der Waals surface area contributed by atoms with Crippen LogP contribution in [0.5, 0.6) is 0 Å². The van der Waals surface area contributed by atoms with Crippen molar-refractivity contribution in [2.45, 2.75) is 6.92 Å². The number of rotatable bonds is 4. The number of pyridine rings is 1. The summed E-state index contributed by atoms with van der Waals surface area (Å²) < 4.78 is 5.46. The Bertz CT molecular complexity index is 1120. The average Bonchev–Trinajstić information content (AvgIpc) is 3.30. The van der Waals surface area contributed by atoms with Gasteiger partial charge in [-0.1, -0.05) is 28.9 Å². The van der Waals surface area contributed by atoms with Gasteiger partial charge in [-0.3, -0.25) is 0 Å². The molecule has 0 atom stereocenters. The van der Waals surface area contributed by atoms with E-state index in [4.69, 9.17) is 4.52 Å². The number of hydrogen-bond acceptors (Lipinski definition) is 8. The number of piperazine rings is 1. The highest BCUT2D eigenvalue weighted by molar-refractivity contribution is 5.61. The zero-order valence-corrected chi connectivity index (χ0v) is 16.6. The Balaban J connectivity index is 1.26. The van der Waals surface area contributed by atoms with Crippen molar-refractivity contribution in [2.24, 2.45) is 0 Å². The molecule has 1 saturated heterocycles. The minimum Gasteiger partial charge on any atom is -0.353 e. The third-order valence-corrected chi connectivity index (χ3v) is 5.14. The number of aromatic nitrogens is 5. The van der Waals surface area contributed by atoms with Crippen molar-refractivity contribution in [1.29, 1.82) is 0 Å². The van der Waals surface area contributed by atoms with Crippen LogP contribution < -0.4 is 9.80 Å². The summed E-state index contributed by atoms with van der Waals surface area (Å²) >= 11 is 0. The van der Waals surface area contributed by atoms with Gasteiger partial charge in [0.2, 0.25) is 11.8 Å². The molecule has 0 saturated carbocycles. The van der Waals surface area contributed by atoms with E-state index in [0.717, 1.165) is 54.6 Å². The van der Waals surface area contributed by atoms with Gasteiger partial charge < -0.3 is 14.3 Å². The van der Waals surface area contributed by atoms with Gasteiger partial charge in [0, 0.05) is 50.3 Å². The molecule has 3 aromatic heterocycles. The van der Waals surface area contributed by atoms with Crippen molar-refractivity contribution >= 4 is 11.8 Å². The van der Waals surface area contributed by atoms with Crippen molar-refractivity contribution in [2.75, 3.05) is 36.0 Å². The average molecular weight is 399 g/mol. The summed E-state index contributed by atoms with van der Waals surface area (Å²) in [6.45, 7) is 5.49. The number of anilines is 2. The van der Waals surface area contributed by atoms with E-state index in [1.807, 2.05) is 49.4 Å². The van der Waals surface area contributed by atoms with Crippen LogP contribution >= 0.6 is 0 Å². The van der Waals surface area contributed by atoms with E-state index in [0.29, 0.717) is 11.7 Å². The van der Waals surface area contributed by atoms with Crippen LogP contribution in [0.25, 0.3) is 22.8 Å². The Morgan fingerprint density at radius 1 is 0.833 bits per heavy atom. The molecule has 0 amide bonds. The molecule has 150 valence electrons. The molecule has 1 aliphatic heterocycles. The quantitative estimate of drug-likeness (QED) is 0.517. The molecule has 5 rings (SSSR count). The van der Waals surface area contributed by atoms with Gasteiger partial charge in [0.05, 0.1) is 5.56 Å². The summed E-state index contributed by atoms with van der Waals surface area (Å²) in [5.74, 6) is 2.76. The summed E-state index contributed by atoms with van der Waals surface area (Å²) in [6.07, 6.45) is 5.34. The summed E-state index contributed by atoms with van der Waals surface area (Å²) in [5, 5.41) is 4.11. The van der Waals surface area contributed by atoms with Crippen molar-refractivity contribution in [3.05, 3.63) is 66.6 Å². The Hall–Kier alpha value is -3.81. The minimum absolute atomic E-state index is 0.469. The van der Waals surface area contributed by atoms with E-state index in [2.05, 4.69) is 34.9 Å². The maximum absolute atomic E-state index is 5.46. The van der Waals surface area contributed by atoms with Crippen LogP contribution in [0.3, 0.4) is 0 Å². The molecule has 0 N–H and O–H groups in total. The molecule has 0 bridgehead atoms. The summed E-state index contributed by atoms with van der Waals surface area (Å²) in [4.78, 5) is 22.3. The zero-order valence-electron chi connectivity index (χ0n) is 16.6. The van der Waals surface area contributed by atoms with E-state index >= 15 is 0 Å². The van der Waals surface area contributed by atoms with E-state index in [-0.39, 0.29) is 0 Å². The van der Waals surface area contributed by atoms with Crippen LogP contribution in [0.4, 0.5) is 11.8 Å². The Morgan fingerprint density at radius 2 is 1.63 bits per heavy atom. The topological polar surface area (TPSA) is 84.1 Å². The predicted molar refractivity (Wildman–Crippen MR) is 114 cm³/mol. The largest absolute Gasteiger partial charge is 0.353 e. The smallest absolute Gasteiger partial charge is 0.259 e. The molecule has 30 heavy (non-hydrogen) atoms. The van der Waals surface area contributed by atoms with Crippen LogP contribution in [0.2, 0.25) is 0 Å². The fourth-order valence-electron chi connectivity index (χ4n) is 3.53. The molecule has 8 nitrogen and oxygen atoms in total. The molecule has 0 unspecified atom stereocenters. The molecule has 1 fully saturated rings. The molecule has 1 aliphatic rings. The first-order valence-electron chi connectivity index (χ1n) is 9.90. The number of hydrogen-bond donors (Lipinski definition) is 0. The van der Waals surface area contributed by atoms with Crippen LogP contribution in [0.15, 0.2) is 65.6 Å². The second kappa shape index (κ2) is 7.90. The van der Waals surface area contributed by atoms with Gasteiger partial charge in [0.15, 0.2) is 0 Å². The second-order valence-electron chi connectivity index (χ2n) is 7.22. The van der Waals surface area contributed by atoms with Gasteiger partial charge in [-0.2, -0.15) is 4.98 Å². The van der Waals surface area contributed by atoms with Crippen molar-refractivity contribution in [3.8, 4) is 22.8 Å². The Morgan fingerprint density at radius 3 is 2.37 bits per heavy atom. The lowest BCUT2D eigenvalue weighted by molar-refractivity contribution is 0.432. The van der Waals surface area contributed by atoms with Gasteiger partial charge in [-0.25, -0.2) is 15.0 Å². The lowest BCUT2D eigenvalue weighted by Crippen LogP contribution is -2.47. The second-order valence-corrected chi connectivity index (χ2v) is 7.22. The van der Waals surface area contributed by atoms with Gasteiger partial charge in [0.25, 0.3) is 5.89 Å². The third-order valence-electron chi connectivity index (χ3n) is 5.14. The van der Waals surface area contributed by atoms with Crippen LogP contribution in [-0.2, 0) is 0 Å². The first-order valence-corrected chi connectivity index (χ1v) is 9.90.